The number of hydrogen-bond acceptors (Lipinski definition) is 5. The minimum absolute atomic E-state index is 0.129. The summed E-state index contributed by atoms with van der Waals surface area (Å²) in [5.41, 5.74) is 4.05. The van der Waals surface area contributed by atoms with Crippen LogP contribution in [0.2, 0.25) is 0 Å². The third-order valence-electron chi connectivity index (χ3n) is 4.34. The molecule has 1 aromatic heterocycles. The average Bonchev–Trinajstić information content (AvgIpc) is 3.12. The molecule has 0 atom stereocenters. The first-order valence-electron chi connectivity index (χ1n) is 8.23. The van der Waals surface area contributed by atoms with Crippen LogP contribution in [-0.2, 0) is 0 Å². The Morgan fingerprint density at radius 2 is 1.77 bits per heavy atom. The summed E-state index contributed by atoms with van der Waals surface area (Å²) in [7, 11) is 3.55. The van der Waals surface area contributed by atoms with Crippen molar-refractivity contribution >= 4 is 32.9 Å². The van der Waals surface area contributed by atoms with E-state index in [1.807, 2.05) is 49.5 Å². The summed E-state index contributed by atoms with van der Waals surface area (Å²) >= 11 is 1.68. The molecule has 0 saturated heterocycles. The number of methoxy groups -OCH3 is 1. The van der Waals surface area contributed by atoms with Crippen LogP contribution in [0.25, 0.3) is 20.8 Å². The molecule has 26 heavy (non-hydrogen) atoms. The minimum atomic E-state index is 0.129. The molecule has 0 unspecified atom stereocenters. The van der Waals surface area contributed by atoms with Gasteiger partial charge in [-0.2, -0.15) is 0 Å². The molecule has 0 radical (unpaired) electrons. The average molecular weight is 362 g/mol. The molecule has 0 aliphatic heterocycles. The number of phenolic OH excluding ortho intramolecular Hbond substituents is 1. The Bertz CT molecular complexity index is 1040. The largest absolute Gasteiger partial charge is 0.504 e. The highest BCUT2D eigenvalue weighted by atomic mass is 32.1. The van der Waals surface area contributed by atoms with Crippen LogP contribution < -0.4 is 9.64 Å². The molecule has 1 N–H and O–H groups in total. The summed E-state index contributed by atoms with van der Waals surface area (Å²) < 4.78 is 6.41. The first-order chi connectivity index (χ1) is 12.7. The summed E-state index contributed by atoms with van der Waals surface area (Å²) in [5.74, 6) is 0.580. The summed E-state index contributed by atoms with van der Waals surface area (Å²) in [6.45, 7) is 0. The second-order valence-electron chi connectivity index (χ2n) is 5.92. The Hall–Kier alpha value is -3.05. The van der Waals surface area contributed by atoms with Gasteiger partial charge in [0.1, 0.15) is 5.01 Å². The number of rotatable bonds is 4. The van der Waals surface area contributed by atoms with Gasteiger partial charge in [-0.25, -0.2) is 4.98 Å². The van der Waals surface area contributed by atoms with Gasteiger partial charge in [0, 0.05) is 24.4 Å². The van der Waals surface area contributed by atoms with Gasteiger partial charge in [-0.05, 0) is 36.4 Å². The molecular formula is C21H18N2O2S. The number of anilines is 2. The van der Waals surface area contributed by atoms with Crippen LogP contribution in [0, 0.1) is 0 Å². The number of thiazole rings is 1. The van der Waals surface area contributed by atoms with E-state index in [9.17, 15) is 5.11 Å². The summed E-state index contributed by atoms with van der Waals surface area (Å²) in [5, 5.41) is 10.8. The minimum Gasteiger partial charge on any atom is -0.504 e. The SMILES string of the molecule is COc1cc(N(C)c2ccccc2-c2nc3ccccc3s2)ccc1O. The lowest BCUT2D eigenvalue weighted by Gasteiger charge is -2.22. The molecule has 0 amide bonds. The van der Waals surface area contributed by atoms with Gasteiger partial charge in [-0.3, -0.25) is 0 Å². The predicted molar refractivity (Wildman–Crippen MR) is 108 cm³/mol. The molecule has 0 spiro atoms. The van der Waals surface area contributed by atoms with Crippen molar-refractivity contribution in [1.82, 2.24) is 4.98 Å². The van der Waals surface area contributed by atoms with Crippen LogP contribution in [0.4, 0.5) is 11.4 Å². The van der Waals surface area contributed by atoms with E-state index >= 15 is 0 Å². The molecule has 0 aliphatic carbocycles. The van der Waals surface area contributed by atoms with Crippen LogP contribution in [0.15, 0.2) is 66.7 Å². The zero-order valence-electron chi connectivity index (χ0n) is 14.5. The molecular weight excluding hydrogens is 344 g/mol. The van der Waals surface area contributed by atoms with E-state index in [4.69, 9.17) is 9.72 Å². The van der Waals surface area contributed by atoms with E-state index in [1.54, 1.807) is 24.5 Å². The summed E-state index contributed by atoms with van der Waals surface area (Å²) in [6, 6.07) is 21.7. The zero-order valence-corrected chi connectivity index (χ0v) is 15.3. The van der Waals surface area contributed by atoms with Crippen molar-refractivity contribution in [1.29, 1.82) is 0 Å². The number of benzene rings is 3. The van der Waals surface area contributed by atoms with Crippen molar-refractivity contribution in [2.45, 2.75) is 0 Å². The number of nitrogens with zero attached hydrogens (tertiary/aromatic N) is 2. The Labute approximate surface area is 155 Å². The van der Waals surface area contributed by atoms with Gasteiger partial charge >= 0.3 is 0 Å². The van der Waals surface area contributed by atoms with Crippen molar-refractivity contribution in [3.8, 4) is 22.1 Å². The molecule has 130 valence electrons. The van der Waals surface area contributed by atoms with Crippen molar-refractivity contribution in [2.75, 3.05) is 19.1 Å². The van der Waals surface area contributed by atoms with Crippen LogP contribution in [0.1, 0.15) is 0 Å². The van der Waals surface area contributed by atoms with Crippen LogP contribution in [-0.4, -0.2) is 24.2 Å². The molecule has 4 rings (SSSR count). The lowest BCUT2D eigenvalue weighted by molar-refractivity contribution is 0.373. The topological polar surface area (TPSA) is 45.6 Å². The first-order valence-corrected chi connectivity index (χ1v) is 9.05. The fourth-order valence-corrected chi connectivity index (χ4v) is 3.95. The van der Waals surface area contributed by atoms with E-state index in [0.717, 1.165) is 27.5 Å². The van der Waals surface area contributed by atoms with Gasteiger partial charge in [0.25, 0.3) is 0 Å². The highest BCUT2D eigenvalue weighted by molar-refractivity contribution is 7.21. The summed E-state index contributed by atoms with van der Waals surface area (Å²) in [4.78, 5) is 6.87. The van der Waals surface area contributed by atoms with E-state index in [0.29, 0.717) is 5.75 Å². The summed E-state index contributed by atoms with van der Waals surface area (Å²) in [6.07, 6.45) is 0. The number of phenols is 1. The maximum absolute atomic E-state index is 9.85. The molecule has 5 heteroatoms. The second kappa shape index (κ2) is 6.69. The highest BCUT2D eigenvalue weighted by Gasteiger charge is 2.15. The third-order valence-corrected chi connectivity index (χ3v) is 5.41. The van der Waals surface area contributed by atoms with Gasteiger partial charge in [-0.15, -0.1) is 11.3 Å². The zero-order chi connectivity index (χ0) is 18.1. The number of hydrogen-bond donors (Lipinski definition) is 1. The van der Waals surface area contributed by atoms with Crippen molar-refractivity contribution in [3.63, 3.8) is 0 Å². The van der Waals surface area contributed by atoms with E-state index < -0.39 is 0 Å². The molecule has 4 nitrogen and oxygen atoms in total. The molecule has 0 saturated carbocycles. The van der Waals surface area contributed by atoms with E-state index in [2.05, 4.69) is 23.1 Å². The molecule has 4 aromatic rings. The maximum atomic E-state index is 9.85. The normalized spacial score (nSPS) is 10.8. The lowest BCUT2D eigenvalue weighted by atomic mass is 10.1. The molecule has 3 aromatic carbocycles. The van der Waals surface area contributed by atoms with Gasteiger partial charge in [0.15, 0.2) is 11.5 Å². The number of fused-ring (bicyclic) bond motifs is 1. The van der Waals surface area contributed by atoms with Gasteiger partial charge in [0.05, 0.1) is 23.0 Å². The molecule has 0 fully saturated rings. The Balaban J connectivity index is 1.80. The Morgan fingerprint density at radius 3 is 2.58 bits per heavy atom. The number of ether oxygens (including phenoxy) is 1. The van der Waals surface area contributed by atoms with Gasteiger partial charge < -0.3 is 14.7 Å². The quantitative estimate of drug-likeness (QED) is 0.525. The van der Waals surface area contributed by atoms with Crippen LogP contribution >= 0.6 is 11.3 Å². The van der Waals surface area contributed by atoms with Crippen molar-refractivity contribution in [2.24, 2.45) is 0 Å². The first kappa shape index (κ1) is 16.4. The standard InChI is InChI=1S/C21H18N2O2S/c1-23(14-11-12-18(24)19(13-14)25-2)17-9-5-3-7-15(17)21-22-16-8-4-6-10-20(16)26-21/h3-13,24H,1-2H3. The van der Waals surface area contributed by atoms with Crippen LogP contribution in [0.5, 0.6) is 11.5 Å². The number of aromatic hydroxyl groups is 1. The van der Waals surface area contributed by atoms with Gasteiger partial charge in [-0.1, -0.05) is 24.3 Å². The van der Waals surface area contributed by atoms with Gasteiger partial charge in [0.2, 0.25) is 0 Å². The van der Waals surface area contributed by atoms with Crippen LogP contribution in [0.3, 0.4) is 0 Å². The second-order valence-corrected chi connectivity index (χ2v) is 6.95. The monoisotopic (exact) mass is 362 g/mol. The smallest absolute Gasteiger partial charge is 0.162 e. The predicted octanol–water partition coefficient (Wildman–Crippen LogP) is 5.45. The third kappa shape index (κ3) is 2.86. The lowest BCUT2D eigenvalue weighted by Crippen LogP contribution is -2.10. The molecule has 1 heterocycles. The molecule has 0 aliphatic rings. The molecule has 0 bridgehead atoms. The maximum Gasteiger partial charge on any atom is 0.162 e. The Morgan fingerprint density at radius 1 is 1.00 bits per heavy atom. The van der Waals surface area contributed by atoms with Crippen molar-refractivity contribution in [3.05, 3.63) is 66.7 Å². The van der Waals surface area contributed by atoms with E-state index in [-0.39, 0.29) is 5.75 Å². The fraction of sp³-hybridized carbons (Fsp3) is 0.0952. The number of para-hydroxylation sites is 2. The highest BCUT2D eigenvalue weighted by Crippen LogP contribution is 2.39. The van der Waals surface area contributed by atoms with Crippen molar-refractivity contribution < 1.29 is 9.84 Å². The number of aromatic nitrogens is 1. The Kier molecular flexibility index (Phi) is 4.22. The fourth-order valence-electron chi connectivity index (χ4n) is 2.95. The van der Waals surface area contributed by atoms with E-state index in [1.165, 1.54) is 4.70 Å².